The van der Waals surface area contributed by atoms with E-state index in [4.69, 9.17) is 22.3 Å². The molecule has 0 fully saturated rings. The number of halogens is 1. The van der Waals surface area contributed by atoms with Gasteiger partial charge in [-0.2, -0.15) is 0 Å². The summed E-state index contributed by atoms with van der Waals surface area (Å²) in [4.78, 5) is 7.14. The molecule has 0 atom stereocenters. The molecule has 1 aliphatic heterocycles. The molecule has 1 aromatic heterocycles. The van der Waals surface area contributed by atoms with Crippen LogP contribution >= 0.6 is 11.6 Å². The lowest BCUT2D eigenvalue weighted by Gasteiger charge is -2.32. The van der Waals surface area contributed by atoms with Gasteiger partial charge in [-0.25, -0.2) is 0 Å². The van der Waals surface area contributed by atoms with Crippen LogP contribution in [0.25, 0.3) is 10.9 Å². The highest BCUT2D eigenvalue weighted by Gasteiger charge is 2.27. The Bertz CT molecular complexity index is 673. The van der Waals surface area contributed by atoms with Crippen LogP contribution in [0, 0.1) is 0 Å². The highest BCUT2D eigenvalue weighted by atomic mass is 35.5. The largest absolute Gasteiger partial charge is 0.322 e. The van der Waals surface area contributed by atoms with Crippen LogP contribution in [-0.2, 0) is 18.5 Å². The molecule has 2 N–H and O–H groups in total. The van der Waals surface area contributed by atoms with Crippen LogP contribution in [0.15, 0.2) is 18.2 Å². The smallest absolute Gasteiger partial charge is 0.0710 e. The number of pyridine rings is 1. The monoisotopic (exact) mass is 289 g/mol. The molecule has 0 saturated heterocycles. The number of hydrogen-bond acceptors (Lipinski definition) is 3. The van der Waals surface area contributed by atoms with Crippen molar-refractivity contribution < 1.29 is 0 Å². The third kappa shape index (κ3) is 2.30. The van der Waals surface area contributed by atoms with Gasteiger partial charge in [0.2, 0.25) is 0 Å². The SMILES string of the molecule is CN1CCc2nc3ccc(Cl)cc3c(C(C)(C)N)c2C1. The fraction of sp³-hybridized carbons (Fsp3) is 0.438. The van der Waals surface area contributed by atoms with Gasteiger partial charge in [-0.05, 0) is 50.2 Å². The highest BCUT2D eigenvalue weighted by molar-refractivity contribution is 6.31. The minimum Gasteiger partial charge on any atom is -0.322 e. The number of nitrogens with zero attached hydrogens (tertiary/aromatic N) is 2. The van der Waals surface area contributed by atoms with E-state index in [0.717, 1.165) is 35.4 Å². The van der Waals surface area contributed by atoms with E-state index in [9.17, 15) is 0 Å². The van der Waals surface area contributed by atoms with Crippen molar-refractivity contribution in [3.63, 3.8) is 0 Å². The van der Waals surface area contributed by atoms with Crippen molar-refractivity contribution >= 4 is 22.5 Å². The molecule has 20 heavy (non-hydrogen) atoms. The summed E-state index contributed by atoms with van der Waals surface area (Å²) in [5, 5.41) is 1.81. The molecule has 1 aliphatic rings. The Kier molecular flexibility index (Phi) is 3.24. The number of rotatable bonds is 1. The summed E-state index contributed by atoms with van der Waals surface area (Å²) >= 11 is 6.17. The first-order valence-electron chi connectivity index (χ1n) is 6.95. The van der Waals surface area contributed by atoms with Gasteiger partial charge >= 0.3 is 0 Å². The Morgan fingerprint density at radius 1 is 1.35 bits per heavy atom. The molecule has 0 aliphatic carbocycles. The van der Waals surface area contributed by atoms with Crippen molar-refractivity contribution in [2.75, 3.05) is 13.6 Å². The van der Waals surface area contributed by atoms with E-state index in [0.29, 0.717) is 0 Å². The third-order valence-corrected chi connectivity index (χ3v) is 4.17. The second-order valence-electron chi connectivity index (χ2n) is 6.28. The van der Waals surface area contributed by atoms with E-state index in [1.165, 1.54) is 16.8 Å². The molecule has 0 amide bonds. The summed E-state index contributed by atoms with van der Waals surface area (Å²) in [6.45, 7) is 6.05. The molecule has 3 rings (SSSR count). The van der Waals surface area contributed by atoms with Gasteiger partial charge in [0.05, 0.1) is 5.52 Å². The number of likely N-dealkylation sites (N-methyl/N-ethyl adjacent to an activating group) is 1. The van der Waals surface area contributed by atoms with Gasteiger partial charge in [-0.3, -0.25) is 4.98 Å². The van der Waals surface area contributed by atoms with Crippen LogP contribution < -0.4 is 5.73 Å². The molecule has 106 valence electrons. The van der Waals surface area contributed by atoms with Crippen molar-refractivity contribution in [2.24, 2.45) is 5.73 Å². The Hall–Kier alpha value is -1.16. The summed E-state index contributed by atoms with van der Waals surface area (Å²) in [6.07, 6.45) is 0.980. The summed E-state index contributed by atoms with van der Waals surface area (Å²) in [7, 11) is 2.14. The lowest BCUT2D eigenvalue weighted by Crippen LogP contribution is -2.35. The Labute approximate surface area is 124 Å². The van der Waals surface area contributed by atoms with Crippen LogP contribution in [-0.4, -0.2) is 23.5 Å². The van der Waals surface area contributed by atoms with E-state index in [2.05, 4.69) is 25.8 Å². The molecule has 3 nitrogen and oxygen atoms in total. The van der Waals surface area contributed by atoms with E-state index in [1.807, 2.05) is 18.2 Å². The summed E-state index contributed by atoms with van der Waals surface area (Å²) in [6, 6.07) is 5.87. The predicted molar refractivity (Wildman–Crippen MR) is 84.0 cm³/mol. The highest BCUT2D eigenvalue weighted by Crippen LogP contribution is 2.34. The molecule has 2 heterocycles. The van der Waals surface area contributed by atoms with Crippen LogP contribution in [0.4, 0.5) is 0 Å². The van der Waals surface area contributed by atoms with Gasteiger partial charge in [-0.1, -0.05) is 11.6 Å². The quantitative estimate of drug-likeness (QED) is 0.877. The molecule has 2 aromatic rings. The maximum atomic E-state index is 6.45. The van der Waals surface area contributed by atoms with Crippen molar-refractivity contribution in [1.82, 2.24) is 9.88 Å². The predicted octanol–water partition coefficient (Wildman–Crippen LogP) is 3.07. The second kappa shape index (κ2) is 4.69. The zero-order valence-corrected chi connectivity index (χ0v) is 13.0. The fourth-order valence-corrected chi connectivity index (χ4v) is 3.26. The standard InChI is InChI=1S/C16H20ClN3/c1-16(2,18)15-11-8-10(17)4-5-13(11)19-14-6-7-20(3)9-12(14)15/h4-5,8H,6-7,9,18H2,1-3H3. The average Bonchev–Trinajstić information content (AvgIpc) is 2.34. The molecule has 0 unspecified atom stereocenters. The summed E-state index contributed by atoms with van der Waals surface area (Å²) in [5.74, 6) is 0. The van der Waals surface area contributed by atoms with Crippen LogP contribution in [0.1, 0.15) is 30.7 Å². The second-order valence-corrected chi connectivity index (χ2v) is 6.72. The maximum Gasteiger partial charge on any atom is 0.0710 e. The Morgan fingerprint density at radius 3 is 2.80 bits per heavy atom. The van der Waals surface area contributed by atoms with Gasteiger partial charge in [0.25, 0.3) is 0 Å². The fourth-order valence-electron chi connectivity index (χ4n) is 3.08. The molecular formula is C16H20ClN3. The number of nitrogens with two attached hydrogens (primary N) is 1. The van der Waals surface area contributed by atoms with E-state index in [1.54, 1.807) is 0 Å². The lowest BCUT2D eigenvalue weighted by molar-refractivity contribution is 0.306. The summed E-state index contributed by atoms with van der Waals surface area (Å²) in [5.41, 5.74) is 10.7. The van der Waals surface area contributed by atoms with E-state index < -0.39 is 5.54 Å². The van der Waals surface area contributed by atoms with Crippen molar-refractivity contribution in [3.05, 3.63) is 40.0 Å². The first kappa shape index (κ1) is 13.8. The van der Waals surface area contributed by atoms with Crippen LogP contribution in [0.3, 0.4) is 0 Å². The number of fused-ring (bicyclic) bond motifs is 2. The Morgan fingerprint density at radius 2 is 2.10 bits per heavy atom. The summed E-state index contributed by atoms with van der Waals surface area (Å²) < 4.78 is 0. The molecule has 0 saturated carbocycles. The van der Waals surface area contributed by atoms with E-state index >= 15 is 0 Å². The molecule has 0 spiro atoms. The first-order valence-corrected chi connectivity index (χ1v) is 7.33. The molecule has 1 aromatic carbocycles. The maximum absolute atomic E-state index is 6.45. The molecule has 4 heteroatoms. The van der Waals surface area contributed by atoms with Gasteiger partial charge in [0, 0.05) is 41.2 Å². The first-order chi connectivity index (χ1) is 9.36. The minimum absolute atomic E-state index is 0.409. The zero-order valence-electron chi connectivity index (χ0n) is 12.2. The van der Waals surface area contributed by atoms with E-state index in [-0.39, 0.29) is 0 Å². The minimum atomic E-state index is -0.409. The van der Waals surface area contributed by atoms with Gasteiger partial charge in [0.1, 0.15) is 0 Å². The third-order valence-electron chi connectivity index (χ3n) is 3.94. The van der Waals surface area contributed by atoms with Crippen LogP contribution in [0.5, 0.6) is 0 Å². The van der Waals surface area contributed by atoms with Crippen molar-refractivity contribution in [1.29, 1.82) is 0 Å². The normalized spacial score (nSPS) is 16.4. The zero-order chi connectivity index (χ0) is 14.5. The number of hydrogen-bond donors (Lipinski definition) is 1. The van der Waals surface area contributed by atoms with Gasteiger partial charge in [-0.15, -0.1) is 0 Å². The average molecular weight is 290 g/mol. The topological polar surface area (TPSA) is 42.2 Å². The molecular weight excluding hydrogens is 270 g/mol. The molecule has 0 bridgehead atoms. The molecule has 0 radical (unpaired) electrons. The van der Waals surface area contributed by atoms with Gasteiger partial charge < -0.3 is 10.6 Å². The van der Waals surface area contributed by atoms with Crippen molar-refractivity contribution in [3.8, 4) is 0 Å². The van der Waals surface area contributed by atoms with Gasteiger partial charge in [0.15, 0.2) is 0 Å². The van der Waals surface area contributed by atoms with Crippen molar-refractivity contribution in [2.45, 2.75) is 32.4 Å². The Balaban J connectivity index is 2.38. The number of benzene rings is 1. The van der Waals surface area contributed by atoms with Crippen LogP contribution in [0.2, 0.25) is 5.02 Å². The number of aromatic nitrogens is 1. The lowest BCUT2D eigenvalue weighted by atomic mass is 9.85.